The molecule has 268 valence electrons. The normalized spacial score (nSPS) is 23.0. The minimum atomic E-state index is -0.557. The van der Waals surface area contributed by atoms with E-state index in [-0.39, 0.29) is 50.6 Å². The minimum absolute atomic E-state index is 0.00442. The van der Waals surface area contributed by atoms with Crippen molar-refractivity contribution in [3.63, 3.8) is 0 Å². The van der Waals surface area contributed by atoms with Gasteiger partial charge in [0.2, 0.25) is 12.7 Å². The number of methoxy groups -OCH3 is 2. The van der Waals surface area contributed by atoms with E-state index in [1.807, 2.05) is 45.0 Å². The number of esters is 1. The van der Waals surface area contributed by atoms with Gasteiger partial charge in [-0.3, -0.25) is 19.4 Å². The number of likely N-dealkylation sites (N-methyl/N-ethyl adjacent to an activating group) is 1. The van der Waals surface area contributed by atoms with Gasteiger partial charge in [-0.05, 0) is 57.4 Å². The summed E-state index contributed by atoms with van der Waals surface area (Å²) in [7, 11) is 5.26. The van der Waals surface area contributed by atoms with Crippen molar-refractivity contribution in [1.82, 2.24) is 15.1 Å². The second-order valence-corrected chi connectivity index (χ2v) is 13.8. The van der Waals surface area contributed by atoms with Crippen LogP contribution in [-0.2, 0) is 33.6 Å². The summed E-state index contributed by atoms with van der Waals surface area (Å²) in [6.07, 6.45) is 1.22. The molecule has 0 aliphatic carbocycles. The highest BCUT2D eigenvalue weighted by Gasteiger charge is 2.57. The number of nitrogens with one attached hydrogen (secondary N) is 1. The first-order chi connectivity index (χ1) is 24.6. The first-order valence-corrected chi connectivity index (χ1v) is 17.2. The van der Waals surface area contributed by atoms with Crippen molar-refractivity contribution in [3.05, 3.63) is 74.8 Å². The second-order valence-electron chi connectivity index (χ2n) is 13.8. The fourth-order valence-electron chi connectivity index (χ4n) is 8.71. The monoisotopic (exact) mass is 696 g/mol. The number of ether oxygens (including phenoxy) is 6. The molecule has 0 unspecified atom stereocenters. The summed E-state index contributed by atoms with van der Waals surface area (Å²) < 4.78 is 35.7. The molecule has 0 saturated carbocycles. The van der Waals surface area contributed by atoms with E-state index in [1.165, 1.54) is 6.92 Å². The number of benzene rings is 3. The summed E-state index contributed by atoms with van der Waals surface area (Å²) in [4.78, 5) is 30.7. The molecule has 4 aliphatic rings. The van der Waals surface area contributed by atoms with Gasteiger partial charge in [-0.15, -0.1) is 0 Å². The van der Waals surface area contributed by atoms with Gasteiger partial charge in [0.1, 0.15) is 11.8 Å². The van der Waals surface area contributed by atoms with Crippen molar-refractivity contribution in [1.29, 1.82) is 5.26 Å². The van der Waals surface area contributed by atoms with E-state index in [0.29, 0.717) is 47.2 Å². The Kier molecular flexibility index (Phi) is 9.31. The Bertz CT molecular complexity index is 1920. The lowest BCUT2D eigenvalue weighted by Gasteiger charge is -2.60. The summed E-state index contributed by atoms with van der Waals surface area (Å²) in [6, 6.07) is 10.9. The van der Waals surface area contributed by atoms with E-state index in [0.717, 1.165) is 38.9 Å². The molecule has 12 heteroatoms. The molecule has 1 N–H and O–H groups in total. The largest absolute Gasteiger partial charge is 0.493 e. The molecule has 51 heavy (non-hydrogen) atoms. The smallest absolute Gasteiger partial charge is 0.308 e. The molecule has 3 aromatic rings. The highest BCUT2D eigenvalue weighted by atomic mass is 16.7. The average molecular weight is 697 g/mol. The van der Waals surface area contributed by atoms with Crippen LogP contribution in [0.2, 0.25) is 0 Å². The number of fused-ring (bicyclic) bond motifs is 9. The Balaban J connectivity index is 1.40. The van der Waals surface area contributed by atoms with E-state index in [2.05, 4.69) is 34.3 Å². The predicted octanol–water partition coefficient (Wildman–Crippen LogP) is 4.39. The Labute approximate surface area is 298 Å². The molecule has 0 aromatic heterocycles. The van der Waals surface area contributed by atoms with Crippen molar-refractivity contribution in [2.24, 2.45) is 0 Å². The summed E-state index contributed by atoms with van der Waals surface area (Å²) in [6.45, 7) is 7.46. The van der Waals surface area contributed by atoms with Crippen molar-refractivity contribution in [3.8, 4) is 34.8 Å². The number of carbonyl (C=O) groups excluding carboxylic acids is 2. The molecular weight excluding hydrogens is 652 g/mol. The number of piperazine rings is 1. The van der Waals surface area contributed by atoms with Gasteiger partial charge in [-0.2, -0.15) is 5.26 Å². The summed E-state index contributed by atoms with van der Waals surface area (Å²) in [5.74, 6) is 2.11. The number of rotatable bonds is 9. The molecule has 7 rings (SSSR count). The van der Waals surface area contributed by atoms with Crippen LogP contribution in [0, 0.1) is 32.1 Å². The van der Waals surface area contributed by atoms with Gasteiger partial charge in [0.05, 0.1) is 31.7 Å². The van der Waals surface area contributed by atoms with Crippen LogP contribution in [-0.4, -0.2) is 81.2 Å². The van der Waals surface area contributed by atoms with Crippen LogP contribution in [0.25, 0.3) is 0 Å². The number of hydrogen-bond acceptors (Lipinski definition) is 11. The predicted molar refractivity (Wildman–Crippen MR) is 186 cm³/mol. The standard InChI is InChI=1S/C39H44N4O8/c1-20-8-10-24(11-9-20)13-31(45)41-17-30-33-26(36(51-23(4)44)22(3)37-39(33)50-19-49-37)15-28-34-32-25(14-27(42(34)5)29(16-40)43(28)30)12-21(2)35(47-7)38(32)48-18-46-6/h8-12,27-30,34H,13-15,17-19H2,1-7H3,(H,41,45)/t27-,28-,29-,30-,34-/m0/s1. The maximum atomic E-state index is 13.6. The Morgan fingerprint density at radius 1 is 1.00 bits per heavy atom. The van der Waals surface area contributed by atoms with Gasteiger partial charge >= 0.3 is 5.97 Å². The fraction of sp³-hybridized carbons (Fsp3) is 0.462. The van der Waals surface area contributed by atoms with E-state index in [9.17, 15) is 14.9 Å². The van der Waals surface area contributed by atoms with Gasteiger partial charge in [0.25, 0.3) is 0 Å². The lowest BCUT2D eigenvalue weighted by molar-refractivity contribution is -0.132. The number of nitrogens with zero attached hydrogens (tertiary/aromatic N) is 3. The van der Waals surface area contributed by atoms with Crippen molar-refractivity contribution in [2.75, 3.05) is 41.4 Å². The maximum Gasteiger partial charge on any atom is 0.308 e. The zero-order valence-corrected chi connectivity index (χ0v) is 30.1. The first-order valence-electron chi connectivity index (χ1n) is 17.2. The van der Waals surface area contributed by atoms with Crippen molar-refractivity contribution < 1.29 is 38.0 Å². The van der Waals surface area contributed by atoms with Crippen molar-refractivity contribution >= 4 is 11.9 Å². The van der Waals surface area contributed by atoms with Crippen LogP contribution < -0.4 is 29.0 Å². The maximum absolute atomic E-state index is 13.6. The molecule has 4 aliphatic heterocycles. The molecular formula is C39H44N4O8. The lowest BCUT2D eigenvalue weighted by Crippen LogP contribution is -2.68. The van der Waals surface area contributed by atoms with Crippen LogP contribution in [0.5, 0.6) is 28.7 Å². The van der Waals surface area contributed by atoms with E-state index >= 15 is 0 Å². The van der Waals surface area contributed by atoms with E-state index in [1.54, 1.807) is 14.2 Å². The van der Waals surface area contributed by atoms with E-state index in [4.69, 9.17) is 28.4 Å². The Morgan fingerprint density at radius 3 is 2.43 bits per heavy atom. The molecule has 0 radical (unpaired) electrons. The highest BCUT2D eigenvalue weighted by Crippen LogP contribution is 2.58. The van der Waals surface area contributed by atoms with Gasteiger partial charge in [-0.1, -0.05) is 35.9 Å². The highest BCUT2D eigenvalue weighted by molar-refractivity contribution is 5.79. The number of carbonyl (C=O) groups is 2. The quantitative estimate of drug-likeness (QED) is 0.194. The SMILES string of the molecule is COCOc1c(OC)c(C)cc2c1[C@@H]1[C@@H]3Cc4c(OC(C)=O)c(C)c5c(c4[C@H](CNC(=O)Cc4ccc(C)cc4)N3[C@@H](C#N)[C@H](C2)N1C)OCO5. The number of amides is 1. The zero-order chi connectivity index (χ0) is 36.1. The number of aryl methyl sites for hydroxylation is 2. The molecule has 1 fully saturated rings. The van der Waals surface area contributed by atoms with Gasteiger partial charge in [-0.25, -0.2) is 0 Å². The third kappa shape index (κ3) is 5.83. The van der Waals surface area contributed by atoms with Crippen LogP contribution in [0.4, 0.5) is 0 Å². The van der Waals surface area contributed by atoms with Crippen LogP contribution >= 0.6 is 0 Å². The molecule has 1 saturated heterocycles. The number of hydrogen-bond donors (Lipinski definition) is 1. The van der Waals surface area contributed by atoms with Gasteiger partial charge < -0.3 is 33.7 Å². The molecule has 4 heterocycles. The summed E-state index contributed by atoms with van der Waals surface area (Å²) >= 11 is 0. The summed E-state index contributed by atoms with van der Waals surface area (Å²) in [5.41, 5.74) is 7.22. The zero-order valence-electron chi connectivity index (χ0n) is 30.1. The Hall–Kier alpha value is -4.83. The minimum Gasteiger partial charge on any atom is -0.493 e. The number of nitriles is 1. The Morgan fingerprint density at radius 2 is 1.75 bits per heavy atom. The van der Waals surface area contributed by atoms with Crippen LogP contribution in [0.15, 0.2) is 30.3 Å². The second kappa shape index (κ2) is 13.7. The lowest BCUT2D eigenvalue weighted by atomic mass is 9.71. The summed E-state index contributed by atoms with van der Waals surface area (Å²) in [5, 5.41) is 14.2. The van der Waals surface area contributed by atoms with Crippen LogP contribution in [0.1, 0.15) is 63.5 Å². The van der Waals surface area contributed by atoms with Gasteiger partial charge in [0.15, 0.2) is 29.8 Å². The topological polar surface area (TPSA) is 132 Å². The third-order valence-corrected chi connectivity index (χ3v) is 10.8. The first kappa shape index (κ1) is 34.6. The molecule has 3 aromatic carbocycles. The molecule has 12 nitrogen and oxygen atoms in total. The van der Waals surface area contributed by atoms with Gasteiger partial charge in [0, 0.05) is 54.9 Å². The fourth-order valence-corrected chi connectivity index (χ4v) is 8.71. The van der Waals surface area contributed by atoms with E-state index < -0.39 is 18.1 Å². The molecule has 1 amide bonds. The molecule has 5 atom stereocenters. The average Bonchev–Trinajstić information content (AvgIpc) is 3.59. The third-order valence-electron chi connectivity index (χ3n) is 10.8. The molecule has 0 spiro atoms. The molecule has 2 bridgehead atoms. The van der Waals surface area contributed by atoms with Crippen LogP contribution in [0.3, 0.4) is 0 Å². The van der Waals surface area contributed by atoms with Crippen molar-refractivity contribution in [2.45, 2.75) is 77.2 Å².